The molecule has 0 bridgehead atoms. The first-order valence-electron chi connectivity index (χ1n) is 9.42. The summed E-state index contributed by atoms with van der Waals surface area (Å²) in [6.07, 6.45) is 4.13. The van der Waals surface area contributed by atoms with Crippen LogP contribution < -0.4 is 14.8 Å². The van der Waals surface area contributed by atoms with Gasteiger partial charge in [0.05, 0.1) is 36.4 Å². The van der Waals surface area contributed by atoms with Crippen LogP contribution in [0.2, 0.25) is 5.02 Å². The molecule has 1 aromatic heterocycles. The van der Waals surface area contributed by atoms with E-state index in [2.05, 4.69) is 15.4 Å². The molecule has 1 N–H and O–H groups in total. The summed E-state index contributed by atoms with van der Waals surface area (Å²) in [5.74, 6) is 1.05. The van der Waals surface area contributed by atoms with Crippen molar-refractivity contribution in [3.05, 3.63) is 65.2 Å². The van der Waals surface area contributed by atoms with E-state index >= 15 is 0 Å². The number of carbonyl (C=O) groups excluding carboxylic acids is 1. The van der Waals surface area contributed by atoms with E-state index in [1.165, 1.54) is 6.33 Å². The van der Waals surface area contributed by atoms with Crippen molar-refractivity contribution >= 4 is 17.5 Å². The van der Waals surface area contributed by atoms with E-state index in [0.717, 1.165) is 23.2 Å². The zero-order valence-corrected chi connectivity index (χ0v) is 16.7. The van der Waals surface area contributed by atoms with E-state index in [4.69, 9.17) is 21.1 Å². The van der Waals surface area contributed by atoms with Crippen LogP contribution in [0.3, 0.4) is 0 Å². The quantitative estimate of drug-likeness (QED) is 0.693. The number of ether oxygens (including phenoxy) is 2. The Kier molecular flexibility index (Phi) is 5.67. The van der Waals surface area contributed by atoms with Crippen LogP contribution in [0.25, 0.3) is 5.69 Å². The number of hydrogen-bond donors (Lipinski definition) is 1. The highest BCUT2D eigenvalue weighted by molar-refractivity contribution is 6.32. The van der Waals surface area contributed by atoms with Gasteiger partial charge in [-0.1, -0.05) is 23.7 Å². The van der Waals surface area contributed by atoms with Gasteiger partial charge in [0, 0.05) is 6.42 Å². The molecule has 29 heavy (non-hydrogen) atoms. The van der Waals surface area contributed by atoms with Gasteiger partial charge >= 0.3 is 0 Å². The van der Waals surface area contributed by atoms with E-state index in [1.54, 1.807) is 17.1 Å². The Morgan fingerprint density at radius 1 is 1.24 bits per heavy atom. The van der Waals surface area contributed by atoms with Gasteiger partial charge in [0.2, 0.25) is 5.91 Å². The van der Waals surface area contributed by atoms with Crippen molar-refractivity contribution in [3.8, 4) is 17.2 Å². The van der Waals surface area contributed by atoms with Crippen LogP contribution in [0.5, 0.6) is 11.5 Å². The number of halogens is 1. The number of carbonyl (C=O) groups is 1. The normalized spacial score (nSPS) is 14.1. The molecule has 4 rings (SSSR count). The molecule has 7 nitrogen and oxygen atoms in total. The Bertz CT molecular complexity index is 990. The maximum atomic E-state index is 12.5. The van der Waals surface area contributed by atoms with Crippen LogP contribution in [0.1, 0.15) is 30.5 Å². The van der Waals surface area contributed by atoms with Crippen LogP contribution in [0.4, 0.5) is 0 Å². The fourth-order valence-corrected chi connectivity index (χ4v) is 3.49. The van der Waals surface area contributed by atoms with Gasteiger partial charge in [-0.25, -0.2) is 9.67 Å². The predicted molar refractivity (Wildman–Crippen MR) is 109 cm³/mol. The minimum absolute atomic E-state index is 0.0941. The molecule has 0 aliphatic carbocycles. The van der Waals surface area contributed by atoms with E-state index in [-0.39, 0.29) is 18.4 Å². The second-order valence-corrected chi connectivity index (χ2v) is 7.26. The molecule has 2 aromatic carbocycles. The van der Waals surface area contributed by atoms with Crippen molar-refractivity contribution < 1.29 is 14.3 Å². The van der Waals surface area contributed by atoms with Crippen LogP contribution >= 0.6 is 11.6 Å². The first-order valence-corrected chi connectivity index (χ1v) is 9.80. The van der Waals surface area contributed by atoms with Crippen LogP contribution in [0.15, 0.2) is 49.1 Å². The largest absolute Gasteiger partial charge is 0.489 e. The molecule has 150 valence electrons. The first kappa shape index (κ1) is 19.3. The van der Waals surface area contributed by atoms with Gasteiger partial charge in [-0.3, -0.25) is 4.79 Å². The molecule has 0 unspecified atom stereocenters. The third-order valence-electron chi connectivity index (χ3n) is 4.68. The third-order valence-corrected chi connectivity index (χ3v) is 4.96. The number of benzene rings is 2. The van der Waals surface area contributed by atoms with Gasteiger partial charge < -0.3 is 14.8 Å². The van der Waals surface area contributed by atoms with E-state index < -0.39 is 0 Å². The zero-order valence-electron chi connectivity index (χ0n) is 16.0. The second kappa shape index (κ2) is 8.53. The molecule has 0 saturated heterocycles. The highest BCUT2D eigenvalue weighted by atomic mass is 35.5. The molecule has 1 aliphatic rings. The molecule has 1 amide bonds. The summed E-state index contributed by atoms with van der Waals surface area (Å²) in [5, 5.41) is 7.59. The summed E-state index contributed by atoms with van der Waals surface area (Å²) < 4.78 is 13.0. The maximum absolute atomic E-state index is 12.5. The lowest BCUT2D eigenvalue weighted by molar-refractivity contribution is -0.121. The average molecular weight is 413 g/mol. The molecular formula is C21H21ClN4O3. The van der Waals surface area contributed by atoms with Crippen LogP contribution in [-0.4, -0.2) is 33.9 Å². The molecule has 8 heteroatoms. The second-order valence-electron chi connectivity index (χ2n) is 6.85. The monoisotopic (exact) mass is 412 g/mol. The topological polar surface area (TPSA) is 78.3 Å². The highest BCUT2D eigenvalue weighted by Gasteiger charge is 2.17. The van der Waals surface area contributed by atoms with Crippen molar-refractivity contribution in [2.75, 3.05) is 13.2 Å². The molecule has 0 radical (unpaired) electrons. The lowest BCUT2D eigenvalue weighted by Gasteiger charge is -2.16. The lowest BCUT2D eigenvalue weighted by Crippen LogP contribution is -2.28. The molecule has 1 atom stereocenters. The van der Waals surface area contributed by atoms with Crippen LogP contribution in [-0.2, 0) is 11.2 Å². The SMILES string of the molecule is C[C@H](NC(=O)Cc1cc(Cl)c2c(c1)OCCCO2)c1ccc(-n2cncn2)cc1. The van der Waals surface area contributed by atoms with Crippen molar-refractivity contribution in [2.45, 2.75) is 25.8 Å². The van der Waals surface area contributed by atoms with Crippen molar-refractivity contribution in [3.63, 3.8) is 0 Å². The number of fused-ring (bicyclic) bond motifs is 1. The van der Waals surface area contributed by atoms with Crippen LogP contribution in [0, 0.1) is 0 Å². The number of rotatable bonds is 5. The van der Waals surface area contributed by atoms with E-state index in [9.17, 15) is 4.79 Å². The first-order chi connectivity index (χ1) is 14.1. The lowest BCUT2D eigenvalue weighted by atomic mass is 10.1. The third kappa shape index (κ3) is 4.51. The average Bonchev–Trinajstić information content (AvgIpc) is 3.14. The summed E-state index contributed by atoms with van der Waals surface area (Å²) in [6, 6.07) is 11.3. The van der Waals surface area contributed by atoms with E-state index in [0.29, 0.717) is 29.7 Å². The summed E-state index contributed by atoms with van der Waals surface area (Å²) in [5.41, 5.74) is 2.69. The van der Waals surface area contributed by atoms with Crippen molar-refractivity contribution in [1.29, 1.82) is 0 Å². The highest BCUT2D eigenvalue weighted by Crippen LogP contribution is 2.38. The summed E-state index contributed by atoms with van der Waals surface area (Å²) >= 11 is 6.31. The number of amides is 1. The molecular weight excluding hydrogens is 392 g/mol. The van der Waals surface area contributed by atoms with Crippen molar-refractivity contribution in [1.82, 2.24) is 20.1 Å². The Morgan fingerprint density at radius 2 is 2.03 bits per heavy atom. The standard InChI is InChI=1S/C21H21ClN4O3/c1-14(16-3-5-17(6-4-16)26-13-23-12-24-26)25-20(27)11-15-9-18(22)21-19(10-15)28-7-2-8-29-21/h3-6,9-10,12-14H,2,7-8,11H2,1H3,(H,25,27)/t14-/m0/s1. The maximum Gasteiger partial charge on any atom is 0.224 e. The molecule has 3 aromatic rings. The Balaban J connectivity index is 1.40. The summed E-state index contributed by atoms with van der Waals surface area (Å²) in [7, 11) is 0. The van der Waals surface area contributed by atoms with E-state index in [1.807, 2.05) is 37.3 Å². The fourth-order valence-electron chi connectivity index (χ4n) is 3.20. The van der Waals surface area contributed by atoms with Gasteiger partial charge in [0.1, 0.15) is 12.7 Å². The minimum Gasteiger partial charge on any atom is -0.489 e. The Hall–Kier alpha value is -3.06. The van der Waals surface area contributed by atoms with Gasteiger partial charge in [0.25, 0.3) is 0 Å². The van der Waals surface area contributed by atoms with Gasteiger partial charge in [0.15, 0.2) is 11.5 Å². The number of nitrogens with one attached hydrogen (secondary N) is 1. The number of aromatic nitrogens is 3. The smallest absolute Gasteiger partial charge is 0.224 e. The van der Waals surface area contributed by atoms with Gasteiger partial charge in [-0.2, -0.15) is 5.10 Å². The molecule has 0 spiro atoms. The Labute approximate surface area is 173 Å². The minimum atomic E-state index is -0.136. The molecule has 1 aliphatic heterocycles. The molecule has 0 saturated carbocycles. The summed E-state index contributed by atoms with van der Waals surface area (Å²) in [6.45, 7) is 3.09. The Morgan fingerprint density at radius 3 is 2.79 bits per heavy atom. The summed E-state index contributed by atoms with van der Waals surface area (Å²) in [4.78, 5) is 16.5. The zero-order chi connectivity index (χ0) is 20.2. The number of hydrogen-bond acceptors (Lipinski definition) is 5. The number of nitrogens with zero attached hydrogens (tertiary/aromatic N) is 3. The molecule has 0 fully saturated rings. The molecule has 2 heterocycles. The van der Waals surface area contributed by atoms with Gasteiger partial charge in [-0.15, -0.1) is 0 Å². The van der Waals surface area contributed by atoms with Crippen molar-refractivity contribution in [2.24, 2.45) is 0 Å². The predicted octanol–water partition coefficient (Wildman–Crippen LogP) is 3.50. The van der Waals surface area contributed by atoms with Gasteiger partial charge in [-0.05, 0) is 42.3 Å². The fraction of sp³-hybridized carbons (Fsp3) is 0.286.